The minimum Gasteiger partial charge on any atom is -0.165 e. The van der Waals surface area contributed by atoms with Crippen LogP contribution in [0.1, 0.15) is 31.9 Å². The first-order chi connectivity index (χ1) is 7.60. The van der Waals surface area contributed by atoms with Crippen LogP contribution in [0.3, 0.4) is 0 Å². The number of hydrogen-bond acceptors (Lipinski definition) is 0. The van der Waals surface area contributed by atoms with Gasteiger partial charge in [0.05, 0.1) is 0 Å². The smallest absolute Gasteiger partial charge is 0.165 e. The third-order valence-electron chi connectivity index (χ3n) is 2.34. The van der Waals surface area contributed by atoms with Crippen molar-refractivity contribution in [1.29, 1.82) is 0 Å². The third-order valence-corrected chi connectivity index (χ3v) is 2.66. The maximum Gasteiger partial charge on any atom is 0.426 e. The number of hydrogen-bond donors (Lipinski definition) is 0. The van der Waals surface area contributed by atoms with E-state index >= 15 is 0 Å². The minimum absolute atomic E-state index is 0.0178. The van der Waals surface area contributed by atoms with Crippen LogP contribution in [-0.2, 0) is 5.41 Å². The fourth-order valence-corrected chi connectivity index (χ4v) is 1.43. The van der Waals surface area contributed by atoms with Crippen molar-refractivity contribution < 1.29 is 13.2 Å². The molecule has 0 saturated heterocycles. The first-order valence-corrected chi connectivity index (χ1v) is 5.53. The molecule has 94 valence electrons. The first-order valence-electron chi connectivity index (χ1n) is 5.15. The van der Waals surface area contributed by atoms with Gasteiger partial charge in [0.15, 0.2) is 0 Å². The average Bonchev–Trinajstić information content (AvgIpc) is 2.15. The molecule has 1 rings (SSSR count). The summed E-state index contributed by atoms with van der Waals surface area (Å²) in [5.41, 5.74) is 1.49. The van der Waals surface area contributed by atoms with Crippen molar-refractivity contribution in [2.45, 2.75) is 32.4 Å². The van der Waals surface area contributed by atoms with Crippen LogP contribution >= 0.6 is 11.6 Å². The van der Waals surface area contributed by atoms with E-state index in [9.17, 15) is 13.2 Å². The zero-order valence-electron chi connectivity index (χ0n) is 9.90. The molecule has 0 saturated carbocycles. The van der Waals surface area contributed by atoms with Crippen molar-refractivity contribution in [3.8, 4) is 0 Å². The third kappa shape index (κ3) is 4.08. The molecule has 0 aliphatic carbocycles. The van der Waals surface area contributed by atoms with Crippen LogP contribution in [0.5, 0.6) is 0 Å². The van der Waals surface area contributed by atoms with Gasteiger partial charge in [-0.15, -0.1) is 0 Å². The zero-order chi connectivity index (χ0) is 13.3. The summed E-state index contributed by atoms with van der Waals surface area (Å²) in [4.78, 5) is 0. The lowest BCUT2D eigenvalue weighted by Gasteiger charge is -2.18. The van der Waals surface area contributed by atoms with Crippen molar-refractivity contribution >= 4 is 17.7 Å². The number of allylic oxidation sites excluding steroid dienone is 1. The Balaban J connectivity index is 2.97. The molecule has 0 fully saturated rings. The van der Waals surface area contributed by atoms with Gasteiger partial charge in [-0.3, -0.25) is 0 Å². The Hall–Kier alpha value is -0.960. The van der Waals surface area contributed by atoms with E-state index in [0.29, 0.717) is 5.56 Å². The summed E-state index contributed by atoms with van der Waals surface area (Å²) in [5, 5.41) is -1.11. The maximum atomic E-state index is 12.2. The summed E-state index contributed by atoms with van der Waals surface area (Å²) in [6.45, 7) is 6.13. The van der Waals surface area contributed by atoms with Crippen molar-refractivity contribution in [3.05, 3.63) is 40.4 Å². The van der Waals surface area contributed by atoms with E-state index in [1.807, 2.05) is 32.9 Å². The molecule has 0 aliphatic rings. The van der Waals surface area contributed by atoms with Crippen molar-refractivity contribution in [2.24, 2.45) is 0 Å². The van der Waals surface area contributed by atoms with Gasteiger partial charge in [0.25, 0.3) is 0 Å². The van der Waals surface area contributed by atoms with Crippen molar-refractivity contribution in [2.75, 3.05) is 0 Å². The van der Waals surface area contributed by atoms with E-state index in [1.165, 1.54) is 0 Å². The Morgan fingerprint density at radius 1 is 1.06 bits per heavy atom. The van der Waals surface area contributed by atoms with Gasteiger partial charge in [0.2, 0.25) is 0 Å². The topological polar surface area (TPSA) is 0 Å². The Morgan fingerprint density at radius 2 is 1.53 bits per heavy atom. The first kappa shape index (κ1) is 14.1. The summed E-state index contributed by atoms with van der Waals surface area (Å²) in [6.07, 6.45) is -3.56. The fourth-order valence-electron chi connectivity index (χ4n) is 1.31. The lowest BCUT2D eigenvalue weighted by molar-refractivity contribution is -0.0836. The summed E-state index contributed by atoms with van der Waals surface area (Å²) in [6, 6.07) is 6.89. The molecule has 17 heavy (non-hydrogen) atoms. The van der Waals surface area contributed by atoms with E-state index in [1.54, 1.807) is 12.1 Å². The van der Waals surface area contributed by atoms with Gasteiger partial charge in [-0.2, -0.15) is 13.2 Å². The van der Waals surface area contributed by atoms with E-state index < -0.39 is 11.2 Å². The SMILES string of the molecule is CC(C)(C)c1ccc(C=C(Cl)C(F)(F)F)cc1. The highest BCUT2D eigenvalue weighted by Crippen LogP contribution is 2.30. The zero-order valence-corrected chi connectivity index (χ0v) is 10.7. The second kappa shape index (κ2) is 4.73. The van der Waals surface area contributed by atoms with Gasteiger partial charge in [-0.05, 0) is 22.6 Å². The predicted molar refractivity (Wildman–Crippen MR) is 65.0 cm³/mol. The standard InChI is InChI=1S/C13H14ClF3/c1-12(2,3)10-6-4-9(5-7-10)8-11(14)13(15,16)17/h4-8H,1-3H3. The van der Waals surface area contributed by atoms with Crippen LogP contribution in [0.25, 0.3) is 6.08 Å². The van der Waals surface area contributed by atoms with Gasteiger partial charge in [-0.25, -0.2) is 0 Å². The Bertz CT molecular complexity index is 408. The van der Waals surface area contributed by atoms with E-state index in [2.05, 4.69) is 0 Å². The predicted octanol–water partition coefficient (Wildman–Crippen LogP) is 5.13. The lowest BCUT2D eigenvalue weighted by atomic mass is 9.87. The Kier molecular flexibility index (Phi) is 3.92. The molecule has 0 heterocycles. The van der Waals surface area contributed by atoms with Gasteiger partial charge >= 0.3 is 6.18 Å². The Labute approximate surface area is 104 Å². The molecular formula is C13H14ClF3. The maximum absolute atomic E-state index is 12.2. The highest BCUT2D eigenvalue weighted by atomic mass is 35.5. The van der Waals surface area contributed by atoms with Crippen LogP contribution in [0, 0.1) is 0 Å². The fraction of sp³-hybridized carbons (Fsp3) is 0.385. The molecule has 4 heteroatoms. The molecule has 0 N–H and O–H groups in total. The van der Waals surface area contributed by atoms with Gasteiger partial charge in [0, 0.05) is 0 Å². The van der Waals surface area contributed by atoms with Crippen LogP contribution < -0.4 is 0 Å². The molecule has 1 aromatic carbocycles. The molecule has 0 bridgehead atoms. The van der Waals surface area contributed by atoms with Crippen LogP contribution in [0.4, 0.5) is 13.2 Å². The molecule has 0 spiro atoms. The molecule has 1 aromatic rings. The summed E-state index contributed by atoms with van der Waals surface area (Å²) in [7, 11) is 0. The highest BCUT2D eigenvalue weighted by Gasteiger charge is 2.32. The number of alkyl halides is 3. The molecule has 0 amide bonds. The number of rotatable bonds is 1. The molecular weight excluding hydrogens is 249 g/mol. The van der Waals surface area contributed by atoms with E-state index in [4.69, 9.17) is 11.6 Å². The van der Waals surface area contributed by atoms with Crippen molar-refractivity contribution in [1.82, 2.24) is 0 Å². The summed E-state index contributed by atoms with van der Waals surface area (Å²) < 4.78 is 36.6. The molecule has 0 radical (unpaired) electrons. The highest BCUT2D eigenvalue weighted by molar-refractivity contribution is 6.32. The Morgan fingerprint density at radius 3 is 1.88 bits per heavy atom. The second-order valence-corrected chi connectivity index (χ2v) is 5.27. The molecule has 0 nitrogen and oxygen atoms in total. The van der Waals surface area contributed by atoms with E-state index in [0.717, 1.165) is 11.6 Å². The monoisotopic (exact) mass is 262 g/mol. The molecule has 0 unspecified atom stereocenters. The molecule has 0 aromatic heterocycles. The summed E-state index contributed by atoms with van der Waals surface area (Å²) in [5.74, 6) is 0. The lowest BCUT2D eigenvalue weighted by Crippen LogP contribution is -2.10. The normalized spacial score (nSPS) is 13.9. The quantitative estimate of drug-likeness (QED) is 0.658. The minimum atomic E-state index is -4.48. The largest absolute Gasteiger partial charge is 0.426 e. The van der Waals surface area contributed by atoms with Crippen LogP contribution in [-0.4, -0.2) is 6.18 Å². The second-order valence-electron chi connectivity index (χ2n) is 4.86. The summed E-state index contributed by atoms with van der Waals surface area (Å²) >= 11 is 5.16. The number of benzene rings is 1. The van der Waals surface area contributed by atoms with Gasteiger partial charge in [-0.1, -0.05) is 56.6 Å². The van der Waals surface area contributed by atoms with Crippen LogP contribution in [0.15, 0.2) is 29.3 Å². The van der Waals surface area contributed by atoms with Crippen LogP contribution in [0.2, 0.25) is 0 Å². The average molecular weight is 263 g/mol. The number of halogens is 4. The van der Waals surface area contributed by atoms with E-state index in [-0.39, 0.29) is 5.41 Å². The molecule has 0 atom stereocenters. The molecule has 0 aliphatic heterocycles. The van der Waals surface area contributed by atoms with Gasteiger partial charge in [0.1, 0.15) is 5.03 Å². The van der Waals surface area contributed by atoms with Gasteiger partial charge < -0.3 is 0 Å². The van der Waals surface area contributed by atoms with Crippen molar-refractivity contribution in [3.63, 3.8) is 0 Å².